The average Bonchev–Trinajstić information content (AvgIpc) is 2.08. The molecule has 0 spiro atoms. The van der Waals surface area contributed by atoms with Gasteiger partial charge in [-0.25, -0.2) is 4.79 Å². The molecule has 124 valence electrons. The summed E-state index contributed by atoms with van der Waals surface area (Å²) in [5, 5.41) is 0. The molecular weight excluding hydrogens is 316 g/mol. The van der Waals surface area contributed by atoms with E-state index in [9.17, 15) is 4.79 Å². The highest BCUT2D eigenvalue weighted by Gasteiger charge is 2.44. The minimum Gasteiger partial charge on any atom is -0.492 e. The predicted octanol–water partition coefficient (Wildman–Crippen LogP) is 4.40. The molecule has 0 aromatic heterocycles. The van der Waals surface area contributed by atoms with Crippen molar-refractivity contribution in [3.63, 3.8) is 0 Å². The van der Waals surface area contributed by atoms with Crippen LogP contribution in [0.25, 0.3) is 0 Å². The first-order valence-electron chi connectivity index (χ1n) is 7.45. The third-order valence-corrected chi connectivity index (χ3v) is 12.6. The highest BCUT2D eigenvalue weighted by Crippen LogP contribution is 2.28. The van der Waals surface area contributed by atoms with Crippen LogP contribution in [0.5, 0.6) is 0 Å². The molecule has 0 amide bonds. The maximum absolute atomic E-state index is 11.8. The van der Waals surface area contributed by atoms with Crippen LogP contribution in [0, 0.1) is 5.92 Å². The molecule has 21 heavy (non-hydrogen) atoms. The van der Waals surface area contributed by atoms with Crippen LogP contribution in [-0.4, -0.2) is 31.4 Å². The van der Waals surface area contributed by atoms with E-state index in [0.717, 1.165) is 6.04 Å². The molecule has 0 aromatic rings. The second-order valence-electron chi connectivity index (χ2n) is 7.62. The smallest absolute Gasteiger partial charge is 0.386 e. The Morgan fingerprint density at radius 3 is 1.86 bits per heavy atom. The summed E-state index contributed by atoms with van der Waals surface area (Å²) >= 11 is 0. The lowest BCUT2D eigenvalue weighted by molar-refractivity contribution is -0.131. The molecule has 0 saturated heterocycles. The Morgan fingerprint density at radius 2 is 1.52 bits per heavy atom. The number of hydrogen-bond acceptors (Lipinski definition) is 4. The summed E-state index contributed by atoms with van der Waals surface area (Å²) in [5.74, 6) is 0.111. The largest absolute Gasteiger partial charge is 0.492 e. The van der Waals surface area contributed by atoms with Crippen LogP contribution in [0.4, 0.5) is 0 Å². The lowest BCUT2D eigenvalue weighted by Gasteiger charge is -2.39. The monoisotopic (exact) mass is 348 g/mol. The third-order valence-electron chi connectivity index (χ3n) is 2.45. The van der Waals surface area contributed by atoms with Crippen molar-refractivity contribution in [3.8, 4) is 0 Å². The molecule has 4 nitrogen and oxygen atoms in total. The number of rotatable bonds is 8. The van der Waals surface area contributed by atoms with Gasteiger partial charge in [0.2, 0.25) is 0 Å². The van der Waals surface area contributed by atoms with Crippen LogP contribution < -0.4 is 0 Å². The number of hydrogen-bond donors (Lipinski definition) is 0. The zero-order valence-electron chi connectivity index (χ0n) is 15.1. The molecule has 0 aliphatic heterocycles. The Balaban J connectivity index is 5.10. The van der Waals surface area contributed by atoms with Gasteiger partial charge in [-0.1, -0.05) is 20.4 Å². The Bertz CT molecular complexity index is 388. The Morgan fingerprint density at radius 1 is 1.05 bits per heavy atom. The van der Waals surface area contributed by atoms with E-state index in [2.05, 4.69) is 46.6 Å². The van der Waals surface area contributed by atoms with Gasteiger partial charge in [0.15, 0.2) is 8.32 Å². The number of carbonyl (C=O) groups excluding carboxylic acids is 1. The maximum atomic E-state index is 11.8. The van der Waals surface area contributed by atoms with Gasteiger partial charge in [-0.05, 0) is 58.2 Å². The second-order valence-corrected chi connectivity index (χ2v) is 19.2. The fourth-order valence-corrected chi connectivity index (χ4v) is 15.2. The van der Waals surface area contributed by atoms with Gasteiger partial charge in [-0.15, -0.1) is 0 Å². The van der Waals surface area contributed by atoms with E-state index in [4.69, 9.17) is 12.7 Å². The van der Waals surface area contributed by atoms with Crippen LogP contribution >= 0.6 is 0 Å². The lowest BCUT2D eigenvalue weighted by atomic mass is 10.3. The van der Waals surface area contributed by atoms with Crippen molar-refractivity contribution in [1.82, 2.24) is 0 Å². The fraction of sp³-hybridized carbons (Fsp3) is 0.786. The van der Waals surface area contributed by atoms with Gasteiger partial charge >= 0.3 is 23.1 Å². The van der Waals surface area contributed by atoms with Crippen molar-refractivity contribution in [2.45, 2.75) is 66.1 Å². The van der Waals surface area contributed by atoms with E-state index in [-0.39, 0.29) is 5.97 Å². The fourth-order valence-electron chi connectivity index (χ4n) is 2.34. The molecule has 0 aliphatic rings. The lowest BCUT2D eigenvalue weighted by Crippen LogP contribution is -2.55. The summed E-state index contributed by atoms with van der Waals surface area (Å²) in [6.45, 7) is 22.0. The summed E-state index contributed by atoms with van der Waals surface area (Å²) in [4.78, 5) is 11.8. The summed E-state index contributed by atoms with van der Waals surface area (Å²) < 4.78 is 18.3. The van der Waals surface area contributed by atoms with E-state index in [1.54, 1.807) is 6.92 Å². The molecule has 0 bridgehead atoms. The first-order chi connectivity index (χ1) is 9.16. The molecule has 7 heteroatoms. The summed E-state index contributed by atoms with van der Waals surface area (Å²) in [7, 11) is -6.67. The summed E-state index contributed by atoms with van der Waals surface area (Å²) in [5.41, 5.74) is 0.400. The first-order valence-corrected chi connectivity index (χ1v) is 16.2. The molecule has 0 fully saturated rings. The standard InChI is InChI=1S/C14H32O4Si3/c1-12(2)11-21(10,17-19(5,6)7)18-20(8,9)16-14(15)13(3)4/h12H,3,11H2,1-2,4-10H3. The van der Waals surface area contributed by atoms with Crippen molar-refractivity contribution in [2.75, 3.05) is 0 Å². The highest BCUT2D eigenvalue weighted by atomic mass is 28.5. The molecule has 0 N–H and O–H groups in total. The van der Waals surface area contributed by atoms with Gasteiger partial charge in [0.1, 0.15) is 0 Å². The molecule has 1 unspecified atom stereocenters. The normalized spacial score (nSPS) is 15.7. The van der Waals surface area contributed by atoms with Crippen molar-refractivity contribution < 1.29 is 17.5 Å². The van der Waals surface area contributed by atoms with E-state index < -0.39 is 25.4 Å². The van der Waals surface area contributed by atoms with Gasteiger partial charge in [-0.2, -0.15) is 0 Å². The number of carbonyl (C=O) groups is 1. The van der Waals surface area contributed by atoms with Gasteiger partial charge in [0.25, 0.3) is 0 Å². The predicted molar refractivity (Wildman–Crippen MR) is 95.2 cm³/mol. The Hall–Kier alpha value is -0.219. The van der Waals surface area contributed by atoms with E-state index in [1.807, 2.05) is 13.1 Å². The summed E-state index contributed by atoms with van der Waals surface area (Å²) in [6, 6.07) is 0.901. The first kappa shape index (κ1) is 20.8. The Kier molecular flexibility index (Phi) is 7.29. The maximum Gasteiger partial charge on any atom is 0.386 e. The van der Waals surface area contributed by atoms with Crippen LogP contribution in [0.3, 0.4) is 0 Å². The van der Waals surface area contributed by atoms with Crippen LogP contribution in [0.1, 0.15) is 20.8 Å². The zero-order valence-corrected chi connectivity index (χ0v) is 18.1. The zero-order chi connectivity index (χ0) is 17.1. The third kappa shape index (κ3) is 9.41. The molecule has 0 saturated carbocycles. The Labute approximate surface area is 133 Å². The van der Waals surface area contributed by atoms with Gasteiger partial charge in [-0.3, -0.25) is 0 Å². The average molecular weight is 349 g/mol. The quantitative estimate of drug-likeness (QED) is 0.481. The minimum absolute atomic E-state index is 0.374. The van der Waals surface area contributed by atoms with Crippen molar-refractivity contribution in [1.29, 1.82) is 0 Å². The molecule has 0 heterocycles. The van der Waals surface area contributed by atoms with Gasteiger partial charge < -0.3 is 12.7 Å². The van der Waals surface area contributed by atoms with Crippen LogP contribution in [0.15, 0.2) is 12.2 Å². The van der Waals surface area contributed by atoms with E-state index in [1.165, 1.54) is 0 Å². The van der Waals surface area contributed by atoms with Crippen molar-refractivity contribution >= 4 is 31.4 Å². The SMILES string of the molecule is C=C(C)C(=O)O[Si](C)(C)O[Si](C)(CC(C)C)O[Si](C)(C)C. The minimum atomic E-state index is -2.58. The van der Waals surface area contributed by atoms with Crippen LogP contribution in [0.2, 0.25) is 45.3 Å². The van der Waals surface area contributed by atoms with E-state index in [0.29, 0.717) is 11.5 Å². The molecule has 1 atom stereocenters. The molecule has 0 aromatic carbocycles. The van der Waals surface area contributed by atoms with Crippen molar-refractivity contribution in [3.05, 3.63) is 12.2 Å². The molecule has 0 aliphatic carbocycles. The van der Waals surface area contributed by atoms with Gasteiger partial charge in [0.05, 0.1) is 0 Å². The molecular formula is C14H32O4Si3. The van der Waals surface area contributed by atoms with Crippen LogP contribution in [-0.2, 0) is 17.5 Å². The molecule has 0 rings (SSSR count). The highest BCUT2D eigenvalue weighted by molar-refractivity contribution is 6.86. The van der Waals surface area contributed by atoms with Gasteiger partial charge in [0, 0.05) is 5.57 Å². The topological polar surface area (TPSA) is 44.8 Å². The molecule has 0 radical (unpaired) electrons. The second kappa shape index (κ2) is 7.36. The van der Waals surface area contributed by atoms with E-state index >= 15 is 0 Å². The summed E-state index contributed by atoms with van der Waals surface area (Å²) in [6.07, 6.45) is 0. The van der Waals surface area contributed by atoms with Crippen molar-refractivity contribution in [2.24, 2.45) is 5.92 Å².